The molecule has 0 saturated heterocycles. The van der Waals surface area contributed by atoms with E-state index in [1.54, 1.807) is 0 Å². The molecular formula is C21H20N4O2. The zero-order chi connectivity index (χ0) is 18.6. The molecule has 1 atom stereocenters. The minimum atomic E-state index is -0.358. The first-order valence-corrected chi connectivity index (χ1v) is 8.90. The molecule has 1 amide bonds. The summed E-state index contributed by atoms with van der Waals surface area (Å²) in [4.78, 5) is 20.8. The number of hydrogen-bond donors (Lipinski definition) is 2. The molecule has 0 radical (unpaired) electrons. The number of carbonyl (C=O) groups excluding carboxylic acids is 1. The van der Waals surface area contributed by atoms with Crippen molar-refractivity contribution in [3.8, 4) is 5.75 Å². The van der Waals surface area contributed by atoms with Crippen LogP contribution in [0.15, 0.2) is 60.9 Å². The van der Waals surface area contributed by atoms with Gasteiger partial charge < -0.3 is 15.8 Å². The highest BCUT2D eigenvalue weighted by molar-refractivity contribution is 5.96. The first-order valence-electron chi connectivity index (χ1n) is 8.90. The van der Waals surface area contributed by atoms with Gasteiger partial charge >= 0.3 is 0 Å². The number of nitrogens with zero attached hydrogens (tertiary/aromatic N) is 2. The standard InChI is InChI=1S/C21H20N4O2/c22-20-19(23-10-11-24-20)21(26)25-18(14-5-2-1-3-6-14)16-8-9-17-15(13-16)7-4-12-27-17/h1-3,5-6,8-11,13,18H,4,7,12H2,(H2,22,24)(H,25,26)/t18-/m0/s1. The van der Waals surface area contributed by atoms with E-state index in [9.17, 15) is 4.79 Å². The summed E-state index contributed by atoms with van der Waals surface area (Å²) in [5.41, 5.74) is 9.06. The first-order chi connectivity index (χ1) is 13.2. The molecule has 6 nitrogen and oxygen atoms in total. The average molecular weight is 360 g/mol. The quantitative estimate of drug-likeness (QED) is 0.747. The van der Waals surface area contributed by atoms with Crippen molar-refractivity contribution >= 4 is 11.7 Å². The Bertz CT molecular complexity index is 959. The number of benzene rings is 2. The largest absolute Gasteiger partial charge is 0.493 e. The van der Waals surface area contributed by atoms with Gasteiger partial charge in [-0.25, -0.2) is 9.97 Å². The van der Waals surface area contributed by atoms with Crippen LogP contribution in [0.3, 0.4) is 0 Å². The monoisotopic (exact) mass is 360 g/mol. The van der Waals surface area contributed by atoms with Crippen molar-refractivity contribution in [3.63, 3.8) is 0 Å². The molecule has 0 spiro atoms. The summed E-state index contributed by atoms with van der Waals surface area (Å²) in [5, 5.41) is 3.05. The van der Waals surface area contributed by atoms with Crippen LogP contribution >= 0.6 is 0 Å². The maximum absolute atomic E-state index is 12.8. The Kier molecular flexibility index (Phi) is 4.70. The van der Waals surface area contributed by atoms with Gasteiger partial charge in [0.15, 0.2) is 11.5 Å². The lowest BCUT2D eigenvalue weighted by Crippen LogP contribution is -2.31. The topological polar surface area (TPSA) is 90.1 Å². The number of nitrogens with two attached hydrogens (primary N) is 1. The van der Waals surface area contributed by atoms with E-state index >= 15 is 0 Å². The normalized spacial score (nSPS) is 13.9. The van der Waals surface area contributed by atoms with Gasteiger partial charge in [-0.15, -0.1) is 0 Å². The number of hydrogen-bond acceptors (Lipinski definition) is 5. The Morgan fingerprint density at radius 3 is 2.70 bits per heavy atom. The zero-order valence-electron chi connectivity index (χ0n) is 14.8. The third-order valence-electron chi connectivity index (χ3n) is 4.62. The zero-order valence-corrected chi connectivity index (χ0v) is 14.8. The van der Waals surface area contributed by atoms with Gasteiger partial charge in [0.1, 0.15) is 5.75 Å². The predicted octanol–water partition coefficient (Wildman–Crippen LogP) is 2.90. The summed E-state index contributed by atoms with van der Waals surface area (Å²) in [7, 11) is 0. The van der Waals surface area contributed by atoms with Gasteiger partial charge in [-0.2, -0.15) is 0 Å². The number of ether oxygens (including phenoxy) is 1. The van der Waals surface area contributed by atoms with E-state index in [4.69, 9.17) is 10.5 Å². The van der Waals surface area contributed by atoms with Crippen molar-refractivity contribution in [1.29, 1.82) is 0 Å². The van der Waals surface area contributed by atoms with Crippen LogP contribution in [0.2, 0.25) is 0 Å². The van der Waals surface area contributed by atoms with Gasteiger partial charge in [0, 0.05) is 12.4 Å². The van der Waals surface area contributed by atoms with Crippen molar-refractivity contribution in [2.24, 2.45) is 0 Å². The van der Waals surface area contributed by atoms with Crippen molar-refractivity contribution in [3.05, 3.63) is 83.3 Å². The highest BCUT2D eigenvalue weighted by Gasteiger charge is 2.22. The summed E-state index contributed by atoms with van der Waals surface area (Å²) in [6.07, 6.45) is 4.88. The molecule has 2 aromatic carbocycles. The van der Waals surface area contributed by atoms with Gasteiger partial charge in [0.05, 0.1) is 12.6 Å². The highest BCUT2D eigenvalue weighted by atomic mass is 16.5. The van der Waals surface area contributed by atoms with Gasteiger partial charge in [-0.1, -0.05) is 36.4 Å². The van der Waals surface area contributed by atoms with Gasteiger partial charge in [0.25, 0.3) is 5.91 Å². The molecule has 136 valence electrons. The maximum Gasteiger partial charge on any atom is 0.274 e. The molecule has 4 rings (SSSR count). The third kappa shape index (κ3) is 3.60. The fraction of sp³-hybridized carbons (Fsp3) is 0.190. The molecule has 0 fully saturated rings. The molecule has 27 heavy (non-hydrogen) atoms. The van der Waals surface area contributed by atoms with Gasteiger partial charge in [-0.3, -0.25) is 4.79 Å². The number of nitrogens with one attached hydrogen (secondary N) is 1. The highest BCUT2D eigenvalue weighted by Crippen LogP contribution is 2.30. The number of aromatic nitrogens is 2. The summed E-state index contributed by atoms with van der Waals surface area (Å²) in [5.74, 6) is 0.672. The maximum atomic E-state index is 12.8. The van der Waals surface area contributed by atoms with E-state index in [0.717, 1.165) is 41.9 Å². The van der Waals surface area contributed by atoms with Crippen LogP contribution in [-0.4, -0.2) is 22.5 Å². The molecule has 0 saturated carbocycles. The SMILES string of the molecule is Nc1nccnc1C(=O)N[C@@H](c1ccccc1)c1ccc2c(c1)CCCO2. The van der Waals surface area contributed by atoms with E-state index in [0.29, 0.717) is 0 Å². The fourth-order valence-electron chi connectivity index (χ4n) is 3.29. The second kappa shape index (κ2) is 7.45. The Labute approximate surface area is 157 Å². The second-order valence-corrected chi connectivity index (χ2v) is 6.43. The molecule has 0 unspecified atom stereocenters. The van der Waals surface area contributed by atoms with Crippen molar-refractivity contribution in [2.45, 2.75) is 18.9 Å². The fourth-order valence-corrected chi connectivity index (χ4v) is 3.29. The Morgan fingerprint density at radius 1 is 1.07 bits per heavy atom. The molecule has 6 heteroatoms. The van der Waals surface area contributed by atoms with Crippen LogP contribution in [0.25, 0.3) is 0 Å². The predicted molar refractivity (Wildman–Crippen MR) is 102 cm³/mol. The number of fused-ring (bicyclic) bond motifs is 1. The molecular weight excluding hydrogens is 340 g/mol. The molecule has 0 aliphatic carbocycles. The number of rotatable bonds is 4. The van der Waals surface area contributed by atoms with E-state index in [1.807, 2.05) is 42.5 Å². The van der Waals surface area contributed by atoms with E-state index in [2.05, 4.69) is 21.4 Å². The molecule has 1 aliphatic rings. The summed E-state index contributed by atoms with van der Waals surface area (Å²) < 4.78 is 5.71. The summed E-state index contributed by atoms with van der Waals surface area (Å²) in [6, 6.07) is 15.6. The molecule has 1 aromatic heterocycles. The van der Waals surface area contributed by atoms with Gasteiger partial charge in [0.2, 0.25) is 0 Å². The molecule has 1 aliphatic heterocycles. The third-order valence-corrected chi connectivity index (χ3v) is 4.62. The van der Waals surface area contributed by atoms with E-state index < -0.39 is 0 Å². The molecule has 3 aromatic rings. The Hall–Kier alpha value is -3.41. The average Bonchev–Trinajstić information content (AvgIpc) is 2.72. The number of anilines is 1. The lowest BCUT2D eigenvalue weighted by atomic mass is 9.94. The molecule has 0 bridgehead atoms. The van der Waals surface area contributed by atoms with Crippen LogP contribution < -0.4 is 15.8 Å². The first kappa shape index (κ1) is 17.0. The van der Waals surface area contributed by atoms with Crippen molar-refractivity contribution in [2.75, 3.05) is 12.3 Å². The molecule has 2 heterocycles. The number of aryl methyl sites for hydroxylation is 1. The number of carbonyl (C=O) groups is 1. The van der Waals surface area contributed by atoms with Crippen LogP contribution in [0.4, 0.5) is 5.82 Å². The minimum Gasteiger partial charge on any atom is -0.493 e. The second-order valence-electron chi connectivity index (χ2n) is 6.43. The van der Waals surface area contributed by atoms with E-state index in [-0.39, 0.29) is 23.5 Å². The Morgan fingerprint density at radius 2 is 1.89 bits per heavy atom. The van der Waals surface area contributed by atoms with Crippen molar-refractivity contribution in [1.82, 2.24) is 15.3 Å². The lowest BCUT2D eigenvalue weighted by molar-refractivity contribution is 0.0938. The van der Waals surface area contributed by atoms with Crippen LogP contribution in [0.5, 0.6) is 5.75 Å². The smallest absolute Gasteiger partial charge is 0.274 e. The molecule has 3 N–H and O–H groups in total. The summed E-state index contributed by atoms with van der Waals surface area (Å²) >= 11 is 0. The minimum absolute atomic E-state index is 0.112. The number of amides is 1. The van der Waals surface area contributed by atoms with Crippen molar-refractivity contribution < 1.29 is 9.53 Å². The number of nitrogen functional groups attached to an aromatic ring is 1. The van der Waals surface area contributed by atoms with Crippen LogP contribution in [0.1, 0.15) is 39.6 Å². The van der Waals surface area contributed by atoms with E-state index in [1.165, 1.54) is 12.4 Å². The van der Waals surface area contributed by atoms with Crippen LogP contribution in [-0.2, 0) is 6.42 Å². The lowest BCUT2D eigenvalue weighted by Gasteiger charge is -2.23. The summed E-state index contributed by atoms with van der Waals surface area (Å²) in [6.45, 7) is 0.747. The van der Waals surface area contributed by atoms with Crippen LogP contribution in [0, 0.1) is 0 Å². The van der Waals surface area contributed by atoms with Gasteiger partial charge in [-0.05, 0) is 41.7 Å². The Balaban J connectivity index is 1.70.